The summed E-state index contributed by atoms with van der Waals surface area (Å²) in [4.78, 5) is 0. The van der Waals surface area contributed by atoms with Crippen molar-refractivity contribution < 1.29 is 8.42 Å². The molecule has 1 fully saturated rings. The summed E-state index contributed by atoms with van der Waals surface area (Å²) < 4.78 is 24.7. The molecule has 1 aliphatic carbocycles. The summed E-state index contributed by atoms with van der Waals surface area (Å²) in [6.07, 6.45) is 4.62. The number of sulfone groups is 1. The van der Waals surface area contributed by atoms with Gasteiger partial charge in [0.15, 0.2) is 0 Å². The van der Waals surface area contributed by atoms with Crippen molar-refractivity contribution in [2.75, 3.05) is 6.26 Å². The van der Waals surface area contributed by atoms with E-state index in [9.17, 15) is 8.42 Å². The Morgan fingerprint density at radius 3 is 2.76 bits per heavy atom. The zero-order chi connectivity index (χ0) is 15.6. The van der Waals surface area contributed by atoms with E-state index in [4.69, 9.17) is 17.4 Å². The van der Waals surface area contributed by atoms with Crippen molar-refractivity contribution in [3.05, 3.63) is 32.4 Å². The predicted molar refractivity (Wildman–Crippen MR) is 94.8 cm³/mol. The van der Waals surface area contributed by atoms with Crippen LogP contribution in [0.2, 0.25) is 5.02 Å². The van der Waals surface area contributed by atoms with Crippen LogP contribution in [-0.4, -0.2) is 19.9 Å². The van der Waals surface area contributed by atoms with Gasteiger partial charge in [0.2, 0.25) is 0 Å². The molecule has 1 aromatic carbocycles. The minimum atomic E-state index is -3.00. The fraction of sp³-hybridized carbons (Fsp3) is 0.571. The molecule has 3 N–H and O–H groups in total. The first-order valence-corrected chi connectivity index (χ1v) is 10.3. The maximum Gasteiger partial charge on any atom is 0.150 e. The quantitative estimate of drug-likeness (QED) is 0.427. The average Bonchev–Trinajstić information content (AvgIpc) is 2.43. The Morgan fingerprint density at radius 2 is 2.14 bits per heavy atom. The summed E-state index contributed by atoms with van der Waals surface area (Å²) in [6.45, 7) is 0. The van der Waals surface area contributed by atoms with E-state index in [1.54, 1.807) is 0 Å². The van der Waals surface area contributed by atoms with E-state index in [1.807, 2.05) is 18.2 Å². The van der Waals surface area contributed by atoms with Gasteiger partial charge in [-0.2, -0.15) is 0 Å². The van der Waals surface area contributed by atoms with Crippen molar-refractivity contribution in [1.29, 1.82) is 0 Å². The molecule has 1 saturated carbocycles. The molecule has 0 saturated heterocycles. The summed E-state index contributed by atoms with van der Waals surface area (Å²) in [6, 6.07) is 5.65. The van der Waals surface area contributed by atoms with Crippen molar-refractivity contribution >= 4 is 44.0 Å². The van der Waals surface area contributed by atoms with Crippen molar-refractivity contribution in [3.8, 4) is 0 Å². The van der Waals surface area contributed by atoms with Crippen LogP contribution >= 0.6 is 34.2 Å². The topological polar surface area (TPSA) is 72.2 Å². The molecular formula is C14H20ClIN2O2S. The van der Waals surface area contributed by atoms with Gasteiger partial charge in [0, 0.05) is 20.9 Å². The molecule has 0 amide bonds. The molecule has 4 nitrogen and oxygen atoms in total. The molecule has 3 unspecified atom stereocenters. The first-order chi connectivity index (χ1) is 9.82. The van der Waals surface area contributed by atoms with Gasteiger partial charge in [-0.25, -0.2) is 8.42 Å². The number of rotatable bonds is 4. The minimum absolute atomic E-state index is 0.0693. The summed E-state index contributed by atoms with van der Waals surface area (Å²) in [5.74, 6) is 5.97. The second-order valence-corrected chi connectivity index (χ2v) is 9.61. The number of nitrogens with one attached hydrogen (secondary N) is 1. The lowest BCUT2D eigenvalue weighted by atomic mass is 9.81. The number of hydrazine groups is 1. The molecule has 0 spiro atoms. The van der Waals surface area contributed by atoms with Gasteiger partial charge in [0.25, 0.3) is 0 Å². The predicted octanol–water partition coefficient (Wildman–Crippen LogP) is 3.05. The van der Waals surface area contributed by atoms with Crippen LogP contribution in [0.25, 0.3) is 0 Å². The number of halogens is 2. The standard InChI is InChI=1S/C14H20ClIN2O2S/c1-21(19,20)11-4-2-3-9(7-11)14(18-17)12-8-10(15)5-6-13(12)16/h5-6,8-9,11,14,18H,2-4,7,17H2,1H3. The molecule has 3 atom stereocenters. The normalized spacial score (nSPS) is 24.8. The molecule has 7 heteroatoms. The lowest BCUT2D eigenvalue weighted by Crippen LogP contribution is -2.38. The Hall–Kier alpha value is 0.110. The molecule has 1 aliphatic rings. The van der Waals surface area contributed by atoms with Crippen LogP contribution in [0.4, 0.5) is 0 Å². The Balaban J connectivity index is 2.27. The smallest absolute Gasteiger partial charge is 0.150 e. The second kappa shape index (κ2) is 7.12. The SMILES string of the molecule is CS(=O)(=O)C1CCCC(C(NN)c2cc(Cl)ccc2I)C1. The monoisotopic (exact) mass is 442 g/mol. The van der Waals surface area contributed by atoms with Crippen LogP contribution in [0.5, 0.6) is 0 Å². The van der Waals surface area contributed by atoms with Gasteiger partial charge in [-0.1, -0.05) is 18.0 Å². The van der Waals surface area contributed by atoms with Crippen LogP contribution in [-0.2, 0) is 9.84 Å². The van der Waals surface area contributed by atoms with E-state index in [-0.39, 0.29) is 17.2 Å². The first-order valence-electron chi connectivity index (χ1n) is 6.93. The molecule has 1 aromatic rings. The van der Waals surface area contributed by atoms with E-state index in [0.29, 0.717) is 11.4 Å². The Labute approximate surface area is 144 Å². The lowest BCUT2D eigenvalue weighted by molar-refractivity contribution is 0.274. The van der Waals surface area contributed by atoms with Crippen molar-refractivity contribution in [3.63, 3.8) is 0 Å². The average molecular weight is 443 g/mol. The second-order valence-electron chi connectivity index (χ2n) is 5.69. The van der Waals surface area contributed by atoms with Gasteiger partial charge in [0.05, 0.1) is 5.25 Å². The van der Waals surface area contributed by atoms with Crippen LogP contribution < -0.4 is 11.3 Å². The van der Waals surface area contributed by atoms with Gasteiger partial charge in [-0.05, 0) is 71.5 Å². The maximum absolute atomic E-state index is 11.8. The fourth-order valence-corrected chi connectivity index (χ4v) is 5.15. The van der Waals surface area contributed by atoms with E-state index >= 15 is 0 Å². The number of benzene rings is 1. The number of hydrogen-bond acceptors (Lipinski definition) is 4. The van der Waals surface area contributed by atoms with Gasteiger partial charge < -0.3 is 0 Å². The van der Waals surface area contributed by atoms with Crippen LogP contribution in [0.15, 0.2) is 18.2 Å². The third kappa shape index (κ3) is 4.31. The zero-order valence-corrected chi connectivity index (χ0v) is 15.6. The Bertz CT molecular complexity index is 609. The van der Waals surface area contributed by atoms with Crippen LogP contribution in [0, 0.1) is 9.49 Å². The maximum atomic E-state index is 11.8. The molecule has 0 aromatic heterocycles. The zero-order valence-electron chi connectivity index (χ0n) is 11.9. The minimum Gasteiger partial charge on any atom is -0.271 e. The summed E-state index contributed by atoms with van der Waals surface area (Å²) in [7, 11) is -3.00. The summed E-state index contributed by atoms with van der Waals surface area (Å²) in [5, 5.41) is 0.407. The lowest BCUT2D eigenvalue weighted by Gasteiger charge is -2.34. The molecule has 0 aliphatic heterocycles. The van der Waals surface area contributed by atoms with Crippen molar-refractivity contribution in [1.82, 2.24) is 5.43 Å². The Morgan fingerprint density at radius 1 is 1.43 bits per heavy atom. The third-order valence-corrected chi connectivity index (χ3v) is 7.07. The van der Waals surface area contributed by atoms with Gasteiger partial charge in [-0.3, -0.25) is 11.3 Å². The highest BCUT2D eigenvalue weighted by molar-refractivity contribution is 14.1. The molecule has 0 bridgehead atoms. The molecular weight excluding hydrogens is 423 g/mol. The van der Waals surface area contributed by atoms with E-state index < -0.39 is 9.84 Å². The van der Waals surface area contributed by atoms with E-state index in [1.165, 1.54) is 6.26 Å². The van der Waals surface area contributed by atoms with Crippen molar-refractivity contribution in [2.45, 2.75) is 37.0 Å². The van der Waals surface area contributed by atoms with Crippen molar-refractivity contribution in [2.24, 2.45) is 11.8 Å². The first kappa shape index (κ1) is 17.5. The highest BCUT2D eigenvalue weighted by atomic mass is 127. The molecule has 0 radical (unpaired) electrons. The van der Waals surface area contributed by atoms with Gasteiger partial charge in [-0.15, -0.1) is 0 Å². The molecule has 118 valence electrons. The molecule has 21 heavy (non-hydrogen) atoms. The van der Waals surface area contributed by atoms with Gasteiger partial charge in [0.1, 0.15) is 9.84 Å². The van der Waals surface area contributed by atoms with Gasteiger partial charge >= 0.3 is 0 Å². The van der Waals surface area contributed by atoms with Crippen LogP contribution in [0.3, 0.4) is 0 Å². The largest absolute Gasteiger partial charge is 0.271 e. The number of hydrogen-bond donors (Lipinski definition) is 2. The third-order valence-electron chi connectivity index (χ3n) is 4.22. The Kier molecular flexibility index (Phi) is 5.92. The van der Waals surface area contributed by atoms with E-state index in [0.717, 1.165) is 28.4 Å². The molecule has 2 rings (SSSR count). The van der Waals surface area contributed by atoms with E-state index in [2.05, 4.69) is 28.0 Å². The van der Waals surface area contributed by atoms with Crippen LogP contribution in [0.1, 0.15) is 37.3 Å². The highest BCUT2D eigenvalue weighted by Crippen LogP contribution is 2.38. The molecule has 0 heterocycles. The fourth-order valence-electron chi connectivity index (χ4n) is 3.11. The number of nitrogens with two attached hydrogens (primary N) is 1. The summed E-state index contributed by atoms with van der Waals surface area (Å²) in [5.41, 5.74) is 3.92. The highest BCUT2D eigenvalue weighted by Gasteiger charge is 2.34. The summed E-state index contributed by atoms with van der Waals surface area (Å²) >= 11 is 8.35.